The topological polar surface area (TPSA) is 46.2 Å². The maximum Gasteiger partial charge on any atom is 0.157 e. The molecule has 1 aromatic carbocycles. The van der Waals surface area contributed by atoms with Gasteiger partial charge in [-0.15, -0.1) is 0 Å². The molecule has 2 rings (SSSR count). The van der Waals surface area contributed by atoms with Crippen molar-refractivity contribution in [2.24, 2.45) is 0 Å². The van der Waals surface area contributed by atoms with Crippen molar-refractivity contribution in [3.63, 3.8) is 0 Å². The van der Waals surface area contributed by atoms with Crippen LogP contribution in [0, 0.1) is 0 Å². The van der Waals surface area contributed by atoms with Crippen LogP contribution in [0.2, 0.25) is 0 Å². The third kappa shape index (κ3) is 14.4. The zero-order chi connectivity index (χ0) is 24.1. The van der Waals surface area contributed by atoms with Crippen molar-refractivity contribution < 1.29 is 23.7 Å². The molecule has 0 saturated carbocycles. The van der Waals surface area contributed by atoms with Gasteiger partial charge in [-0.3, -0.25) is 0 Å². The Balaban J connectivity index is 1.39. The van der Waals surface area contributed by atoms with Gasteiger partial charge in [0, 0.05) is 6.61 Å². The lowest BCUT2D eigenvalue weighted by Gasteiger charge is -2.22. The highest BCUT2D eigenvalue weighted by Gasteiger charge is 2.13. The van der Waals surface area contributed by atoms with E-state index >= 15 is 0 Å². The molecule has 1 fully saturated rings. The Morgan fingerprint density at radius 1 is 0.794 bits per heavy atom. The van der Waals surface area contributed by atoms with Crippen molar-refractivity contribution >= 4 is 0 Å². The average Bonchev–Trinajstić information content (AvgIpc) is 2.87. The second kappa shape index (κ2) is 20.2. The zero-order valence-electron chi connectivity index (χ0n) is 21.9. The molecule has 34 heavy (non-hydrogen) atoms. The van der Waals surface area contributed by atoms with E-state index in [0.29, 0.717) is 52.2 Å². The average molecular weight is 479 g/mol. The number of benzene rings is 1. The smallest absolute Gasteiger partial charge is 0.157 e. The lowest BCUT2D eigenvalue weighted by molar-refractivity contribution is -0.169. The van der Waals surface area contributed by atoms with E-state index in [-0.39, 0.29) is 6.29 Å². The third-order valence-corrected chi connectivity index (χ3v) is 6.47. The number of rotatable bonds is 21. The molecule has 0 amide bonds. The molecule has 196 valence electrons. The summed E-state index contributed by atoms with van der Waals surface area (Å²) < 4.78 is 28.0. The molecule has 0 aromatic heterocycles. The predicted molar refractivity (Wildman–Crippen MR) is 138 cm³/mol. The Labute approximate surface area is 208 Å². The van der Waals surface area contributed by atoms with Gasteiger partial charge in [-0.2, -0.15) is 0 Å². The maximum atomic E-state index is 5.75. The summed E-state index contributed by atoms with van der Waals surface area (Å²) >= 11 is 0. The van der Waals surface area contributed by atoms with Crippen molar-refractivity contribution in [3.8, 4) is 0 Å². The summed E-state index contributed by atoms with van der Waals surface area (Å²) in [4.78, 5) is 0. The van der Waals surface area contributed by atoms with Crippen LogP contribution < -0.4 is 0 Å². The van der Waals surface area contributed by atoms with Gasteiger partial charge in [-0.25, -0.2) is 0 Å². The molecular formula is C29H50O5. The zero-order valence-corrected chi connectivity index (χ0v) is 21.9. The van der Waals surface area contributed by atoms with Crippen molar-refractivity contribution in [1.29, 1.82) is 0 Å². The fraction of sp³-hybridized carbons (Fsp3) is 0.793. The molecule has 0 spiro atoms. The molecule has 2 atom stereocenters. The van der Waals surface area contributed by atoms with Gasteiger partial charge in [0.2, 0.25) is 0 Å². The molecule has 1 aromatic rings. The highest BCUT2D eigenvalue weighted by Crippen LogP contribution is 2.23. The van der Waals surface area contributed by atoms with Gasteiger partial charge in [-0.05, 0) is 42.7 Å². The normalized spacial score (nSPS) is 17.2. The van der Waals surface area contributed by atoms with E-state index in [4.69, 9.17) is 23.7 Å². The van der Waals surface area contributed by atoms with Gasteiger partial charge in [0.1, 0.15) is 0 Å². The van der Waals surface area contributed by atoms with Crippen LogP contribution in [-0.4, -0.2) is 52.5 Å². The number of ether oxygens (including phenoxy) is 5. The monoisotopic (exact) mass is 478 g/mol. The third-order valence-electron chi connectivity index (χ3n) is 6.47. The Hall–Kier alpha value is -0.980. The van der Waals surface area contributed by atoms with Crippen LogP contribution in [-0.2, 0) is 30.3 Å². The molecule has 1 aliphatic heterocycles. The molecule has 0 bridgehead atoms. The molecule has 2 unspecified atom stereocenters. The second-order valence-corrected chi connectivity index (χ2v) is 9.50. The van der Waals surface area contributed by atoms with E-state index in [1.807, 2.05) is 0 Å². The summed E-state index contributed by atoms with van der Waals surface area (Å²) in [5.41, 5.74) is 2.66. The number of unbranched alkanes of at least 4 members (excludes halogenated alkanes) is 6. The molecule has 0 aliphatic carbocycles. The summed E-state index contributed by atoms with van der Waals surface area (Å²) in [7, 11) is 0. The number of hydrogen-bond donors (Lipinski definition) is 0. The SMILES string of the molecule is CCCCCCCCCC(C)c1ccc(COCCOCCOCCOC2CCCCO2)cc1. The van der Waals surface area contributed by atoms with Crippen LogP contribution in [0.3, 0.4) is 0 Å². The van der Waals surface area contributed by atoms with Crippen LogP contribution in [0.1, 0.15) is 102 Å². The van der Waals surface area contributed by atoms with E-state index < -0.39 is 0 Å². The summed E-state index contributed by atoms with van der Waals surface area (Å²) in [6.45, 7) is 9.56. The molecule has 1 aliphatic rings. The molecule has 1 heterocycles. The predicted octanol–water partition coefficient (Wildman–Crippen LogP) is 7.02. The standard InChI is InChI=1S/C29H50O5/c1-3-4-5-6-7-8-9-12-26(2)28-16-14-27(15-17-28)25-32-22-21-30-19-20-31-23-24-34-29-13-10-11-18-33-29/h14-17,26,29H,3-13,18-25H2,1-2H3. The first-order valence-electron chi connectivity index (χ1n) is 13.8. The lowest BCUT2D eigenvalue weighted by atomic mass is 9.94. The van der Waals surface area contributed by atoms with Crippen molar-refractivity contribution in [3.05, 3.63) is 35.4 Å². The molecule has 0 radical (unpaired) electrons. The van der Waals surface area contributed by atoms with E-state index in [9.17, 15) is 0 Å². The quantitative estimate of drug-likeness (QED) is 0.178. The molecule has 0 N–H and O–H groups in total. The molecular weight excluding hydrogens is 428 g/mol. The van der Waals surface area contributed by atoms with E-state index in [0.717, 1.165) is 19.4 Å². The first-order valence-corrected chi connectivity index (χ1v) is 13.8. The van der Waals surface area contributed by atoms with Gasteiger partial charge >= 0.3 is 0 Å². The van der Waals surface area contributed by atoms with Gasteiger partial charge in [0.25, 0.3) is 0 Å². The maximum absolute atomic E-state index is 5.75. The largest absolute Gasteiger partial charge is 0.377 e. The van der Waals surface area contributed by atoms with E-state index in [1.165, 1.54) is 68.9 Å². The van der Waals surface area contributed by atoms with Gasteiger partial charge in [0.05, 0.1) is 46.2 Å². The fourth-order valence-corrected chi connectivity index (χ4v) is 4.23. The number of hydrogen-bond acceptors (Lipinski definition) is 5. The van der Waals surface area contributed by atoms with E-state index in [1.54, 1.807) is 0 Å². The van der Waals surface area contributed by atoms with Crippen LogP contribution in [0.4, 0.5) is 0 Å². The minimum atomic E-state index is -0.0414. The van der Waals surface area contributed by atoms with Crippen LogP contribution in [0.15, 0.2) is 24.3 Å². The summed E-state index contributed by atoms with van der Waals surface area (Å²) in [5, 5.41) is 0. The fourth-order valence-electron chi connectivity index (χ4n) is 4.23. The van der Waals surface area contributed by atoms with Crippen LogP contribution in [0.25, 0.3) is 0 Å². The molecule has 5 nitrogen and oxygen atoms in total. The highest BCUT2D eigenvalue weighted by molar-refractivity contribution is 5.24. The van der Waals surface area contributed by atoms with Crippen LogP contribution in [0.5, 0.6) is 0 Å². The van der Waals surface area contributed by atoms with Crippen molar-refractivity contribution in [2.75, 3.05) is 46.2 Å². The molecule has 5 heteroatoms. The van der Waals surface area contributed by atoms with Gasteiger partial charge in [-0.1, -0.05) is 83.1 Å². The summed E-state index contributed by atoms with van der Waals surface area (Å²) in [5.74, 6) is 0.633. The minimum absolute atomic E-state index is 0.0414. The Morgan fingerprint density at radius 2 is 1.44 bits per heavy atom. The van der Waals surface area contributed by atoms with Crippen LogP contribution >= 0.6 is 0 Å². The molecule has 1 saturated heterocycles. The lowest BCUT2D eigenvalue weighted by Crippen LogP contribution is -2.24. The van der Waals surface area contributed by atoms with Crippen molar-refractivity contribution in [2.45, 2.75) is 103 Å². The Morgan fingerprint density at radius 3 is 2.12 bits per heavy atom. The first-order chi connectivity index (χ1) is 16.8. The van der Waals surface area contributed by atoms with Gasteiger partial charge in [0.15, 0.2) is 6.29 Å². The Bertz CT molecular complexity index is 570. The second-order valence-electron chi connectivity index (χ2n) is 9.50. The summed E-state index contributed by atoms with van der Waals surface area (Å²) in [6.07, 6.45) is 14.2. The highest BCUT2D eigenvalue weighted by atomic mass is 16.7. The van der Waals surface area contributed by atoms with Crippen molar-refractivity contribution in [1.82, 2.24) is 0 Å². The first kappa shape index (κ1) is 29.3. The van der Waals surface area contributed by atoms with Gasteiger partial charge < -0.3 is 23.7 Å². The van der Waals surface area contributed by atoms with E-state index in [2.05, 4.69) is 38.1 Å². The minimum Gasteiger partial charge on any atom is -0.377 e. The summed E-state index contributed by atoms with van der Waals surface area (Å²) in [6, 6.07) is 8.93. The Kier molecular flexibility index (Phi) is 17.4.